The van der Waals surface area contributed by atoms with Gasteiger partial charge in [0.05, 0.1) is 17.0 Å². The van der Waals surface area contributed by atoms with Crippen LogP contribution in [0.1, 0.15) is 0 Å². The molecule has 0 aliphatic heterocycles. The van der Waals surface area contributed by atoms with E-state index in [0.717, 1.165) is 0 Å². The highest BCUT2D eigenvalue weighted by Gasteiger charge is 2.12. The number of nitrogens with one attached hydrogen (secondary N) is 3. The zero-order chi connectivity index (χ0) is 14.1. The minimum absolute atomic E-state index is 0.0405. The van der Waals surface area contributed by atoms with Crippen LogP contribution >= 0.6 is 11.6 Å². The van der Waals surface area contributed by atoms with Crippen molar-refractivity contribution in [2.45, 2.75) is 0 Å². The summed E-state index contributed by atoms with van der Waals surface area (Å²) in [4.78, 5) is 15.4. The number of rotatable bonds is 3. The van der Waals surface area contributed by atoms with Gasteiger partial charge in [-0.15, -0.1) is 0 Å². The van der Waals surface area contributed by atoms with Gasteiger partial charge in [0.1, 0.15) is 5.52 Å². The van der Waals surface area contributed by atoms with Crippen LogP contribution in [0, 0.1) is 5.82 Å². The maximum atomic E-state index is 13.9. The highest BCUT2D eigenvalue weighted by molar-refractivity contribution is 6.31. The van der Waals surface area contributed by atoms with E-state index in [1.807, 2.05) is 0 Å². The number of fused-ring (bicyclic) bond motifs is 1. The number of hydrogen-bond donors (Lipinski definition) is 3. The molecule has 3 N–H and O–H groups in total. The van der Waals surface area contributed by atoms with Gasteiger partial charge in [-0.1, -0.05) is 17.7 Å². The van der Waals surface area contributed by atoms with Crippen molar-refractivity contribution in [2.24, 2.45) is 0 Å². The first-order valence-electron chi connectivity index (χ1n) is 5.79. The van der Waals surface area contributed by atoms with E-state index in [-0.39, 0.29) is 10.7 Å². The quantitative estimate of drug-likeness (QED) is 0.692. The summed E-state index contributed by atoms with van der Waals surface area (Å²) in [5, 5.41) is 5.76. The molecular formula is C12H10ClFN6. The predicted octanol–water partition coefficient (Wildman–Crippen LogP) is 2.93. The van der Waals surface area contributed by atoms with Gasteiger partial charge in [-0.05, 0) is 12.1 Å². The summed E-state index contributed by atoms with van der Waals surface area (Å²) in [6.45, 7) is 0. The molecule has 0 aliphatic rings. The third-order valence-electron chi connectivity index (χ3n) is 2.71. The molecule has 0 atom stereocenters. The summed E-state index contributed by atoms with van der Waals surface area (Å²) < 4.78 is 13.9. The molecule has 8 heteroatoms. The van der Waals surface area contributed by atoms with Crippen molar-refractivity contribution < 1.29 is 4.39 Å². The van der Waals surface area contributed by atoms with Crippen LogP contribution in [-0.4, -0.2) is 27.0 Å². The fraction of sp³-hybridized carbons (Fsp3) is 0.0833. The summed E-state index contributed by atoms with van der Waals surface area (Å²) in [6.07, 6.45) is 1.50. The lowest BCUT2D eigenvalue weighted by molar-refractivity contribution is 0.632. The molecule has 0 fully saturated rings. The SMILES string of the molecule is CNc1nc(Nc2cccc(Cl)c2F)c2[nH]cnc2n1. The fourth-order valence-electron chi connectivity index (χ4n) is 1.76. The van der Waals surface area contributed by atoms with Crippen molar-refractivity contribution in [3.05, 3.63) is 35.4 Å². The molecule has 102 valence electrons. The molecule has 6 nitrogen and oxygen atoms in total. The topological polar surface area (TPSA) is 78.5 Å². The van der Waals surface area contributed by atoms with E-state index in [1.54, 1.807) is 19.2 Å². The number of anilines is 3. The number of halogens is 2. The summed E-state index contributed by atoms with van der Waals surface area (Å²) in [7, 11) is 1.69. The van der Waals surface area contributed by atoms with Crippen LogP contribution in [0.5, 0.6) is 0 Å². The van der Waals surface area contributed by atoms with E-state index in [9.17, 15) is 4.39 Å². The van der Waals surface area contributed by atoms with Gasteiger partial charge < -0.3 is 15.6 Å². The Morgan fingerprint density at radius 2 is 2.15 bits per heavy atom. The highest BCUT2D eigenvalue weighted by atomic mass is 35.5. The number of H-pyrrole nitrogens is 1. The van der Waals surface area contributed by atoms with Crippen LogP contribution in [0.2, 0.25) is 5.02 Å². The monoisotopic (exact) mass is 292 g/mol. The van der Waals surface area contributed by atoms with Gasteiger partial charge in [0.25, 0.3) is 0 Å². The number of aromatic amines is 1. The molecule has 3 rings (SSSR count). The first-order chi connectivity index (χ1) is 9.69. The lowest BCUT2D eigenvalue weighted by Gasteiger charge is -2.09. The van der Waals surface area contributed by atoms with Gasteiger partial charge in [-0.2, -0.15) is 9.97 Å². The Labute approximate surface area is 118 Å². The predicted molar refractivity (Wildman–Crippen MR) is 75.9 cm³/mol. The second kappa shape index (κ2) is 4.93. The van der Waals surface area contributed by atoms with Crippen molar-refractivity contribution in [1.29, 1.82) is 0 Å². The molecule has 0 unspecified atom stereocenters. The molecule has 0 saturated heterocycles. The molecule has 0 aliphatic carbocycles. The Bertz CT molecular complexity index is 772. The number of nitrogens with zero attached hydrogens (tertiary/aromatic N) is 3. The zero-order valence-corrected chi connectivity index (χ0v) is 11.2. The second-order valence-electron chi connectivity index (χ2n) is 3.97. The molecule has 0 spiro atoms. The average Bonchev–Trinajstić information content (AvgIpc) is 2.92. The molecule has 20 heavy (non-hydrogen) atoms. The van der Waals surface area contributed by atoms with E-state index in [4.69, 9.17) is 11.6 Å². The fourth-order valence-corrected chi connectivity index (χ4v) is 1.94. The molecule has 3 aromatic rings. The van der Waals surface area contributed by atoms with Crippen molar-refractivity contribution in [3.63, 3.8) is 0 Å². The van der Waals surface area contributed by atoms with E-state index < -0.39 is 5.82 Å². The third kappa shape index (κ3) is 2.12. The Kier molecular flexibility index (Phi) is 3.11. The maximum absolute atomic E-state index is 13.9. The Hall–Kier alpha value is -2.41. The van der Waals surface area contributed by atoms with Gasteiger partial charge in [-0.3, -0.25) is 0 Å². The van der Waals surface area contributed by atoms with Crippen molar-refractivity contribution in [2.75, 3.05) is 17.7 Å². The average molecular weight is 293 g/mol. The summed E-state index contributed by atoms with van der Waals surface area (Å²) in [5.74, 6) is 0.263. The van der Waals surface area contributed by atoms with Crippen LogP contribution in [0.4, 0.5) is 21.8 Å². The van der Waals surface area contributed by atoms with Crippen molar-refractivity contribution in [3.8, 4) is 0 Å². The van der Waals surface area contributed by atoms with Crippen LogP contribution in [0.15, 0.2) is 24.5 Å². The number of hydrogen-bond acceptors (Lipinski definition) is 5. The first-order valence-corrected chi connectivity index (χ1v) is 6.16. The number of benzene rings is 1. The lowest BCUT2D eigenvalue weighted by Crippen LogP contribution is -2.03. The van der Waals surface area contributed by atoms with E-state index in [0.29, 0.717) is 22.9 Å². The molecular weight excluding hydrogens is 283 g/mol. The van der Waals surface area contributed by atoms with Crippen molar-refractivity contribution in [1.82, 2.24) is 19.9 Å². The number of imidazole rings is 1. The molecule has 0 amide bonds. The Balaban J connectivity index is 2.10. The minimum Gasteiger partial charge on any atom is -0.357 e. The van der Waals surface area contributed by atoms with Crippen molar-refractivity contribution >= 4 is 40.2 Å². The normalized spacial score (nSPS) is 10.8. The standard InChI is InChI=1S/C12H10ClFN6/c1-15-12-19-10-9(16-5-17-10)11(20-12)18-7-4-2-3-6(13)8(7)14/h2-5H,1H3,(H3,15,16,17,18,19,20). The van der Waals surface area contributed by atoms with Gasteiger partial charge in [0.15, 0.2) is 17.3 Å². The largest absolute Gasteiger partial charge is 0.357 e. The summed E-state index contributed by atoms with van der Waals surface area (Å²) in [6, 6.07) is 4.70. The van der Waals surface area contributed by atoms with Crippen LogP contribution in [0.3, 0.4) is 0 Å². The van der Waals surface area contributed by atoms with Crippen LogP contribution in [0.25, 0.3) is 11.2 Å². The molecule has 2 aromatic heterocycles. The van der Waals surface area contributed by atoms with Gasteiger partial charge in [0.2, 0.25) is 5.95 Å². The first kappa shape index (κ1) is 12.6. The van der Waals surface area contributed by atoms with Gasteiger partial charge in [0, 0.05) is 7.05 Å². The van der Waals surface area contributed by atoms with E-state index >= 15 is 0 Å². The lowest BCUT2D eigenvalue weighted by atomic mass is 10.3. The third-order valence-corrected chi connectivity index (χ3v) is 3.01. The summed E-state index contributed by atoms with van der Waals surface area (Å²) >= 11 is 5.76. The van der Waals surface area contributed by atoms with E-state index in [2.05, 4.69) is 30.6 Å². The second-order valence-corrected chi connectivity index (χ2v) is 4.38. The molecule has 2 heterocycles. The molecule has 0 saturated carbocycles. The maximum Gasteiger partial charge on any atom is 0.226 e. The minimum atomic E-state index is -0.536. The Morgan fingerprint density at radius 1 is 1.30 bits per heavy atom. The van der Waals surface area contributed by atoms with Crippen LogP contribution < -0.4 is 10.6 Å². The smallest absolute Gasteiger partial charge is 0.226 e. The van der Waals surface area contributed by atoms with Crippen LogP contribution in [-0.2, 0) is 0 Å². The zero-order valence-electron chi connectivity index (χ0n) is 10.4. The highest BCUT2D eigenvalue weighted by Crippen LogP contribution is 2.27. The number of aromatic nitrogens is 4. The van der Waals surface area contributed by atoms with Gasteiger partial charge >= 0.3 is 0 Å². The Morgan fingerprint density at radius 3 is 2.95 bits per heavy atom. The molecule has 0 radical (unpaired) electrons. The molecule has 1 aromatic carbocycles. The molecule has 0 bridgehead atoms. The van der Waals surface area contributed by atoms with E-state index in [1.165, 1.54) is 12.4 Å². The van der Waals surface area contributed by atoms with Gasteiger partial charge in [-0.25, -0.2) is 9.37 Å². The summed E-state index contributed by atoms with van der Waals surface area (Å²) in [5.41, 5.74) is 1.30.